The lowest BCUT2D eigenvalue weighted by Crippen LogP contribution is -2.58. The number of aliphatic hydroxyl groups is 1. The van der Waals surface area contributed by atoms with Crippen LogP contribution < -0.4 is 27.4 Å². The summed E-state index contributed by atoms with van der Waals surface area (Å²) in [5.41, 5.74) is 10.8. The van der Waals surface area contributed by atoms with Crippen LogP contribution in [0, 0.1) is 5.92 Å². The molecule has 0 saturated heterocycles. The van der Waals surface area contributed by atoms with Gasteiger partial charge >= 0.3 is 5.97 Å². The van der Waals surface area contributed by atoms with Gasteiger partial charge in [-0.05, 0) is 38.6 Å². The predicted molar refractivity (Wildman–Crippen MR) is 102 cm³/mol. The van der Waals surface area contributed by atoms with E-state index in [0.29, 0.717) is 19.4 Å². The summed E-state index contributed by atoms with van der Waals surface area (Å²) < 4.78 is 0. The van der Waals surface area contributed by atoms with Gasteiger partial charge in [-0.15, -0.1) is 0 Å². The Labute approximate surface area is 164 Å². The van der Waals surface area contributed by atoms with E-state index in [9.17, 15) is 24.3 Å². The maximum Gasteiger partial charge on any atom is 0.326 e. The molecule has 11 nitrogen and oxygen atoms in total. The Morgan fingerprint density at radius 2 is 1.54 bits per heavy atom. The molecule has 4 atom stereocenters. The van der Waals surface area contributed by atoms with E-state index in [-0.39, 0.29) is 12.3 Å². The Morgan fingerprint density at radius 1 is 0.929 bits per heavy atom. The maximum absolute atomic E-state index is 12.5. The van der Waals surface area contributed by atoms with Crippen LogP contribution in [0.25, 0.3) is 0 Å². The Balaban J connectivity index is 4.94. The third-order valence-corrected chi connectivity index (χ3v) is 4.09. The summed E-state index contributed by atoms with van der Waals surface area (Å²) in [7, 11) is 0. The standard InChI is InChI=1S/C17H33N5O6/c1-9(2)13(16(26)21-12(17(27)28)6-4-5-7-18)22-14(24)10(3)20-15(25)11(19)8-23/h9-13,23H,4-8,18-19H2,1-3H3,(H,20,25)(H,21,26)(H,22,24)(H,27,28). The van der Waals surface area contributed by atoms with Crippen LogP contribution in [0.4, 0.5) is 0 Å². The molecule has 0 saturated carbocycles. The monoisotopic (exact) mass is 403 g/mol. The van der Waals surface area contributed by atoms with Crippen LogP contribution in [-0.2, 0) is 19.2 Å². The van der Waals surface area contributed by atoms with E-state index in [2.05, 4.69) is 16.0 Å². The molecule has 9 N–H and O–H groups in total. The second-order valence-electron chi connectivity index (χ2n) is 6.93. The van der Waals surface area contributed by atoms with Crippen LogP contribution in [0.3, 0.4) is 0 Å². The number of hydrogen-bond donors (Lipinski definition) is 7. The van der Waals surface area contributed by atoms with Gasteiger partial charge in [0.15, 0.2) is 0 Å². The molecule has 0 aromatic carbocycles. The highest BCUT2D eigenvalue weighted by Crippen LogP contribution is 2.06. The molecular formula is C17H33N5O6. The van der Waals surface area contributed by atoms with Crippen LogP contribution in [-0.4, -0.2) is 71.2 Å². The van der Waals surface area contributed by atoms with Crippen molar-refractivity contribution in [3.8, 4) is 0 Å². The molecule has 0 fully saturated rings. The van der Waals surface area contributed by atoms with E-state index >= 15 is 0 Å². The van der Waals surface area contributed by atoms with Crippen molar-refractivity contribution in [1.82, 2.24) is 16.0 Å². The summed E-state index contributed by atoms with van der Waals surface area (Å²) in [6, 6.07) is -4.24. The number of nitrogens with two attached hydrogens (primary N) is 2. The number of carboxylic acids is 1. The number of carbonyl (C=O) groups is 4. The Kier molecular flexibility index (Phi) is 12.0. The molecule has 0 spiro atoms. The Hall–Kier alpha value is -2.24. The van der Waals surface area contributed by atoms with E-state index in [1.54, 1.807) is 13.8 Å². The number of aliphatic carboxylic acids is 1. The molecule has 0 aliphatic heterocycles. The molecule has 4 unspecified atom stereocenters. The molecule has 3 amide bonds. The Bertz CT molecular complexity index is 542. The largest absolute Gasteiger partial charge is 0.480 e. The van der Waals surface area contributed by atoms with Crippen molar-refractivity contribution in [2.45, 2.75) is 64.2 Å². The van der Waals surface area contributed by atoms with Gasteiger partial charge in [-0.3, -0.25) is 14.4 Å². The van der Waals surface area contributed by atoms with Crippen molar-refractivity contribution < 1.29 is 29.4 Å². The summed E-state index contributed by atoms with van der Waals surface area (Å²) in [5.74, 6) is -3.47. The molecule has 0 radical (unpaired) electrons. The van der Waals surface area contributed by atoms with Crippen LogP contribution in [0.1, 0.15) is 40.0 Å². The molecule has 0 bridgehead atoms. The summed E-state index contributed by atoms with van der Waals surface area (Å²) in [5, 5.41) is 25.4. The highest BCUT2D eigenvalue weighted by Gasteiger charge is 2.30. The second-order valence-corrected chi connectivity index (χ2v) is 6.93. The van der Waals surface area contributed by atoms with Gasteiger partial charge in [-0.1, -0.05) is 13.8 Å². The lowest BCUT2D eigenvalue weighted by Gasteiger charge is -2.26. The molecule has 0 aromatic heterocycles. The van der Waals surface area contributed by atoms with Crippen molar-refractivity contribution in [2.24, 2.45) is 17.4 Å². The van der Waals surface area contributed by atoms with E-state index in [4.69, 9.17) is 16.6 Å². The number of carboxylic acid groups (broad SMARTS) is 1. The number of amides is 3. The van der Waals surface area contributed by atoms with Crippen molar-refractivity contribution in [1.29, 1.82) is 0 Å². The zero-order valence-electron chi connectivity index (χ0n) is 16.6. The van der Waals surface area contributed by atoms with Gasteiger partial charge in [0.05, 0.1) is 6.61 Å². The number of carbonyl (C=O) groups excluding carboxylic acids is 3. The third kappa shape index (κ3) is 9.11. The van der Waals surface area contributed by atoms with E-state index in [1.807, 2.05) is 0 Å². The molecule has 0 aliphatic carbocycles. The first kappa shape index (κ1) is 25.8. The summed E-state index contributed by atoms with van der Waals surface area (Å²) in [6.45, 7) is 4.64. The first-order valence-corrected chi connectivity index (χ1v) is 9.25. The van der Waals surface area contributed by atoms with Gasteiger partial charge in [0.25, 0.3) is 0 Å². The van der Waals surface area contributed by atoms with Crippen molar-refractivity contribution in [3.05, 3.63) is 0 Å². The highest BCUT2D eigenvalue weighted by molar-refractivity contribution is 5.94. The van der Waals surface area contributed by atoms with Crippen molar-refractivity contribution in [3.63, 3.8) is 0 Å². The Morgan fingerprint density at radius 3 is 2.00 bits per heavy atom. The SMILES string of the molecule is CC(NC(=O)C(N)CO)C(=O)NC(C(=O)NC(CCCCN)C(=O)O)C(C)C. The first-order chi connectivity index (χ1) is 13.0. The smallest absolute Gasteiger partial charge is 0.326 e. The lowest BCUT2D eigenvalue weighted by molar-refractivity contribution is -0.142. The summed E-state index contributed by atoms with van der Waals surface area (Å²) in [4.78, 5) is 47.8. The van der Waals surface area contributed by atoms with Gasteiger partial charge in [0, 0.05) is 0 Å². The number of aliphatic hydroxyl groups excluding tert-OH is 1. The number of hydrogen-bond acceptors (Lipinski definition) is 7. The quantitative estimate of drug-likeness (QED) is 0.166. The molecule has 28 heavy (non-hydrogen) atoms. The second kappa shape index (κ2) is 13.0. The fourth-order valence-corrected chi connectivity index (χ4v) is 2.29. The zero-order chi connectivity index (χ0) is 21.9. The van der Waals surface area contributed by atoms with Crippen molar-refractivity contribution >= 4 is 23.7 Å². The van der Waals surface area contributed by atoms with Gasteiger partial charge in [-0.2, -0.15) is 0 Å². The minimum absolute atomic E-state index is 0.225. The molecule has 0 aromatic rings. The summed E-state index contributed by atoms with van der Waals surface area (Å²) in [6.07, 6.45) is 1.40. The topological polar surface area (TPSA) is 197 Å². The van der Waals surface area contributed by atoms with E-state index in [1.165, 1.54) is 6.92 Å². The van der Waals surface area contributed by atoms with E-state index < -0.39 is 54.5 Å². The fourth-order valence-electron chi connectivity index (χ4n) is 2.29. The fraction of sp³-hybridized carbons (Fsp3) is 0.765. The maximum atomic E-state index is 12.5. The molecule has 0 aliphatic rings. The van der Waals surface area contributed by atoms with Crippen LogP contribution in [0.15, 0.2) is 0 Å². The molecule has 11 heteroatoms. The summed E-state index contributed by atoms with van der Waals surface area (Å²) >= 11 is 0. The number of nitrogens with one attached hydrogen (secondary N) is 3. The van der Waals surface area contributed by atoms with Crippen LogP contribution in [0.5, 0.6) is 0 Å². The average Bonchev–Trinajstić information content (AvgIpc) is 2.63. The highest BCUT2D eigenvalue weighted by atomic mass is 16.4. The number of rotatable bonds is 13. The molecule has 0 heterocycles. The minimum atomic E-state index is -1.17. The van der Waals surface area contributed by atoms with E-state index in [0.717, 1.165) is 0 Å². The van der Waals surface area contributed by atoms with Gasteiger partial charge in [-0.25, -0.2) is 4.79 Å². The minimum Gasteiger partial charge on any atom is -0.480 e. The van der Waals surface area contributed by atoms with Gasteiger partial charge < -0.3 is 37.6 Å². The van der Waals surface area contributed by atoms with Gasteiger partial charge in [0.1, 0.15) is 24.2 Å². The first-order valence-electron chi connectivity index (χ1n) is 9.25. The molecule has 162 valence electrons. The average molecular weight is 403 g/mol. The molecule has 0 rings (SSSR count). The lowest BCUT2D eigenvalue weighted by atomic mass is 10.0. The van der Waals surface area contributed by atoms with Crippen LogP contribution in [0.2, 0.25) is 0 Å². The van der Waals surface area contributed by atoms with Gasteiger partial charge in [0.2, 0.25) is 17.7 Å². The third-order valence-electron chi connectivity index (χ3n) is 4.09. The zero-order valence-corrected chi connectivity index (χ0v) is 16.6. The van der Waals surface area contributed by atoms with Crippen LogP contribution >= 0.6 is 0 Å². The molecular weight excluding hydrogens is 370 g/mol. The normalized spacial score (nSPS) is 15.2. The van der Waals surface area contributed by atoms with Crippen molar-refractivity contribution in [2.75, 3.05) is 13.2 Å². The predicted octanol–water partition coefficient (Wildman–Crippen LogP) is -2.35. The number of unbranched alkanes of at least 4 members (excludes halogenated alkanes) is 1.